The molecule has 0 saturated heterocycles. The van der Waals surface area contributed by atoms with Gasteiger partial charge in [0.2, 0.25) is 11.8 Å². The van der Waals surface area contributed by atoms with Crippen LogP contribution >= 0.6 is 11.8 Å². The molecule has 8 nitrogen and oxygen atoms in total. The lowest BCUT2D eigenvalue weighted by Crippen LogP contribution is -2.28. The lowest BCUT2D eigenvalue weighted by molar-refractivity contribution is -0.118. The van der Waals surface area contributed by atoms with Crippen LogP contribution in [0.1, 0.15) is 5.56 Å². The van der Waals surface area contributed by atoms with Gasteiger partial charge in [0.1, 0.15) is 0 Å². The highest BCUT2D eigenvalue weighted by molar-refractivity contribution is 8.00. The maximum atomic E-state index is 12.1. The van der Waals surface area contributed by atoms with Crippen molar-refractivity contribution in [3.05, 3.63) is 42.0 Å². The minimum absolute atomic E-state index is 0.121. The summed E-state index contributed by atoms with van der Waals surface area (Å²) in [5.41, 5.74) is 1.63. The van der Waals surface area contributed by atoms with Gasteiger partial charge >= 0.3 is 0 Å². The van der Waals surface area contributed by atoms with Gasteiger partial charge in [0.05, 0.1) is 39.9 Å². The zero-order valence-electron chi connectivity index (χ0n) is 18.2. The van der Waals surface area contributed by atoms with E-state index in [9.17, 15) is 9.59 Å². The van der Waals surface area contributed by atoms with Crippen LogP contribution in [0.2, 0.25) is 0 Å². The fourth-order valence-corrected chi connectivity index (χ4v) is 3.43. The Morgan fingerprint density at radius 2 is 1.35 bits per heavy atom. The molecule has 0 heterocycles. The quantitative estimate of drug-likeness (QED) is 0.516. The molecule has 2 aromatic carbocycles. The zero-order chi connectivity index (χ0) is 22.6. The van der Waals surface area contributed by atoms with Crippen molar-refractivity contribution in [3.63, 3.8) is 0 Å². The Morgan fingerprint density at radius 1 is 0.774 bits per heavy atom. The summed E-state index contributed by atoms with van der Waals surface area (Å²) in [4.78, 5) is 24.1. The average molecular weight is 449 g/mol. The molecule has 0 aliphatic heterocycles. The highest BCUT2D eigenvalue weighted by Crippen LogP contribution is 2.30. The van der Waals surface area contributed by atoms with Crippen molar-refractivity contribution in [2.45, 2.75) is 6.42 Å². The number of ether oxygens (including phenoxy) is 4. The normalized spacial score (nSPS) is 10.2. The maximum absolute atomic E-state index is 12.1. The van der Waals surface area contributed by atoms with E-state index in [1.807, 2.05) is 18.2 Å². The topological polar surface area (TPSA) is 95.1 Å². The van der Waals surface area contributed by atoms with E-state index in [1.54, 1.807) is 39.5 Å². The number of hydrogen-bond acceptors (Lipinski definition) is 7. The van der Waals surface area contributed by atoms with Crippen molar-refractivity contribution in [3.8, 4) is 23.0 Å². The van der Waals surface area contributed by atoms with Gasteiger partial charge in [-0.2, -0.15) is 0 Å². The Labute approximate surface area is 186 Å². The second-order valence-electron chi connectivity index (χ2n) is 6.40. The van der Waals surface area contributed by atoms with E-state index in [1.165, 1.54) is 18.9 Å². The minimum atomic E-state index is -0.199. The first-order valence-electron chi connectivity index (χ1n) is 9.58. The third-order valence-corrected chi connectivity index (χ3v) is 5.25. The number of carbonyl (C=O) groups excluding carboxylic acids is 2. The van der Waals surface area contributed by atoms with Crippen LogP contribution in [0.15, 0.2) is 36.4 Å². The Bertz CT molecular complexity index is 890. The largest absolute Gasteiger partial charge is 0.493 e. The molecule has 2 N–H and O–H groups in total. The van der Waals surface area contributed by atoms with Gasteiger partial charge in [0, 0.05) is 18.3 Å². The summed E-state index contributed by atoms with van der Waals surface area (Å²) in [6, 6.07) is 10.8. The van der Waals surface area contributed by atoms with Gasteiger partial charge in [0.25, 0.3) is 0 Å². The Hall–Kier alpha value is -3.07. The summed E-state index contributed by atoms with van der Waals surface area (Å²) in [5.74, 6) is 2.48. The molecule has 0 radical (unpaired) electrons. The van der Waals surface area contributed by atoms with Crippen LogP contribution in [0.5, 0.6) is 23.0 Å². The highest BCUT2D eigenvalue weighted by Gasteiger charge is 2.09. The van der Waals surface area contributed by atoms with Gasteiger partial charge in [-0.15, -0.1) is 11.8 Å². The lowest BCUT2D eigenvalue weighted by Gasteiger charge is -2.11. The van der Waals surface area contributed by atoms with Crippen molar-refractivity contribution < 1.29 is 28.5 Å². The number of benzene rings is 2. The molecule has 9 heteroatoms. The van der Waals surface area contributed by atoms with Gasteiger partial charge in [0.15, 0.2) is 23.0 Å². The fraction of sp³-hybridized carbons (Fsp3) is 0.364. The van der Waals surface area contributed by atoms with Crippen molar-refractivity contribution in [1.29, 1.82) is 0 Å². The Kier molecular flexibility index (Phi) is 9.83. The number of thioether (sulfide) groups is 1. The van der Waals surface area contributed by atoms with Gasteiger partial charge in [-0.05, 0) is 36.2 Å². The summed E-state index contributed by atoms with van der Waals surface area (Å²) in [5, 5.41) is 5.63. The molecular formula is C22H28N2O6S. The first kappa shape index (κ1) is 24.2. The molecular weight excluding hydrogens is 420 g/mol. The summed E-state index contributed by atoms with van der Waals surface area (Å²) >= 11 is 1.25. The van der Waals surface area contributed by atoms with Crippen LogP contribution in [0.25, 0.3) is 0 Å². The first-order chi connectivity index (χ1) is 15.0. The zero-order valence-corrected chi connectivity index (χ0v) is 19.0. The SMILES string of the molecule is COc1ccc(CCNC(=O)CSCC(=O)Nc2ccc(OC)c(OC)c2)cc1OC. The van der Waals surface area contributed by atoms with Crippen molar-refractivity contribution in [2.24, 2.45) is 0 Å². The van der Waals surface area contributed by atoms with Crippen LogP contribution < -0.4 is 29.6 Å². The number of nitrogens with one attached hydrogen (secondary N) is 2. The van der Waals surface area contributed by atoms with Gasteiger partial charge in [-0.25, -0.2) is 0 Å². The maximum Gasteiger partial charge on any atom is 0.234 e. The molecule has 0 aromatic heterocycles. The van der Waals surface area contributed by atoms with Crippen molar-refractivity contribution in [1.82, 2.24) is 5.32 Å². The molecule has 0 bridgehead atoms. The van der Waals surface area contributed by atoms with Crippen LogP contribution in [0.4, 0.5) is 5.69 Å². The molecule has 168 valence electrons. The number of hydrogen-bond donors (Lipinski definition) is 2. The molecule has 0 spiro atoms. The second-order valence-corrected chi connectivity index (χ2v) is 7.39. The van der Waals surface area contributed by atoms with Gasteiger partial charge < -0.3 is 29.6 Å². The van der Waals surface area contributed by atoms with E-state index >= 15 is 0 Å². The third kappa shape index (κ3) is 7.60. The standard InChI is InChI=1S/C22H28N2O6S/c1-27-17-7-5-15(11-19(17)29-3)9-10-23-21(25)13-31-14-22(26)24-16-6-8-18(28-2)20(12-16)30-4/h5-8,11-12H,9-10,13-14H2,1-4H3,(H,23,25)(H,24,26). The molecule has 0 fully saturated rings. The molecule has 31 heavy (non-hydrogen) atoms. The monoisotopic (exact) mass is 448 g/mol. The minimum Gasteiger partial charge on any atom is -0.493 e. The predicted octanol–water partition coefficient (Wildman–Crippen LogP) is 2.75. The Morgan fingerprint density at radius 3 is 2.00 bits per heavy atom. The van der Waals surface area contributed by atoms with Crippen molar-refractivity contribution in [2.75, 3.05) is 51.8 Å². The summed E-state index contributed by atoms with van der Waals surface area (Å²) in [6.45, 7) is 0.493. The molecule has 0 aliphatic rings. The number of anilines is 1. The summed E-state index contributed by atoms with van der Waals surface area (Å²) in [6.07, 6.45) is 0.663. The van der Waals surface area contributed by atoms with E-state index in [4.69, 9.17) is 18.9 Å². The highest BCUT2D eigenvalue weighted by atomic mass is 32.2. The number of amides is 2. The van der Waals surface area contributed by atoms with Crippen LogP contribution in [-0.4, -0.2) is 58.3 Å². The first-order valence-corrected chi connectivity index (χ1v) is 10.7. The van der Waals surface area contributed by atoms with Crippen LogP contribution in [0, 0.1) is 0 Å². The predicted molar refractivity (Wildman–Crippen MR) is 122 cm³/mol. The molecule has 0 unspecified atom stereocenters. The van der Waals surface area contributed by atoms with Crippen LogP contribution in [0.3, 0.4) is 0 Å². The van der Waals surface area contributed by atoms with E-state index < -0.39 is 0 Å². The van der Waals surface area contributed by atoms with Crippen LogP contribution in [-0.2, 0) is 16.0 Å². The smallest absolute Gasteiger partial charge is 0.234 e. The van der Waals surface area contributed by atoms with E-state index in [0.717, 1.165) is 5.56 Å². The van der Waals surface area contributed by atoms with Crippen molar-refractivity contribution >= 4 is 29.3 Å². The number of rotatable bonds is 12. The molecule has 0 saturated carbocycles. The molecule has 2 aromatic rings. The number of methoxy groups -OCH3 is 4. The number of carbonyl (C=O) groups is 2. The molecule has 0 aliphatic carbocycles. The van der Waals surface area contributed by atoms with E-state index in [-0.39, 0.29) is 23.3 Å². The summed E-state index contributed by atoms with van der Waals surface area (Å²) in [7, 11) is 6.25. The molecule has 2 rings (SSSR count). The third-order valence-electron chi connectivity index (χ3n) is 4.32. The summed E-state index contributed by atoms with van der Waals surface area (Å²) < 4.78 is 20.9. The van der Waals surface area contributed by atoms with Gasteiger partial charge in [-0.3, -0.25) is 9.59 Å². The van der Waals surface area contributed by atoms with E-state index in [0.29, 0.717) is 41.7 Å². The molecule has 2 amide bonds. The second kappa shape index (κ2) is 12.6. The van der Waals surface area contributed by atoms with Gasteiger partial charge in [-0.1, -0.05) is 6.07 Å². The lowest BCUT2D eigenvalue weighted by atomic mass is 10.1. The average Bonchev–Trinajstić information content (AvgIpc) is 2.78. The Balaban J connectivity index is 1.69. The molecule has 0 atom stereocenters. The fourth-order valence-electron chi connectivity index (χ4n) is 2.78. The van der Waals surface area contributed by atoms with E-state index in [2.05, 4.69) is 10.6 Å².